The van der Waals surface area contributed by atoms with Gasteiger partial charge < -0.3 is 9.15 Å². The number of furan rings is 1. The van der Waals surface area contributed by atoms with Crippen LogP contribution in [0, 0.1) is 0 Å². The van der Waals surface area contributed by atoms with E-state index < -0.39 is 29.3 Å². The summed E-state index contributed by atoms with van der Waals surface area (Å²) in [4.78, 5) is 31.5. The largest absolute Gasteiger partial charge is 0.463 e. The molecule has 1 aliphatic rings. The third-order valence-electron chi connectivity index (χ3n) is 6.08. The molecule has 0 fully saturated rings. The highest BCUT2D eigenvalue weighted by Gasteiger charge is 2.33. The minimum Gasteiger partial charge on any atom is -0.463 e. The van der Waals surface area contributed by atoms with Crippen LogP contribution in [-0.2, 0) is 15.7 Å². The van der Waals surface area contributed by atoms with Crippen molar-refractivity contribution in [1.82, 2.24) is 4.57 Å². The molecule has 11 heteroatoms. The van der Waals surface area contributed by atoms with Crippen LogP contribution in [0.1, 0.15) is 36.8 Å². The number of carbonyl (C=O) groups is 1. The van der Waals surface area contributed by atoms with E-state index in [4.69, 9.17) is 20.8 Å². The maximum absolute atomic E-state index is 13.6. The second-order valence-electron chi connectivity index (χ2n) is 8.63. The normalized spacial score (nSPS) is 15.7. The smallest absolute Gasteiger partial charge is 0.416 e. The minimum absolute atomic E-state index is 0.153. The summed E-state index contributed by atoms with van der Waals surface area (Å²) in [5.41, 5.74) is 0.359. The Balaban J connectivity index is 1.60. The van der Waals surface area contributed by atoms with Crippen LogP contribution in [0.25, 0.3) is 17.4 Å². The molecule has 3 heterocycles. The van der Waals surface area contributed by atoms with Crippen LogP contribution in [0.5, 0.6) is 0 Å². The zero-order chi connectivity index (χ0) is 27.9. The van der Waals surface area contributed by atoms with Crippen LogP contribution in [0.2, 0.25) is 5.02 Å². The van der Waals surface area contributed by atoms with E-state index >= 15 is 0 Å². The van der Waals surface area contributed by atoms with Crippen molar-refractivity contribution >= 4 is 35.0 Å². The molecule has 5 rings (SSSR count). The Morgan fingerprint density at radius 2 is 1.92 bits per heavy atom. The van der Waals surface area contributed by atoms with Crippen LogP contribution in [0.4, 0.5) is 13.2 Å². The minimum atomic E-state index is -4.49. The summed E-state index contributed by atoms with van der Waals surface area (Å²) in [7, 11) is 0. The van der Waals surface area contributed by atoms with Gasteiger partial charge in [-0.15, -0.1) is 0 Å². The molecule has 2 aromatic carbocycles. The van der Waals surface area contributed by atoms with Crippen molar-refractivity contribution in [2.75, 3.05) is 6.61 Å². The highest BCUT2D eigenvalue weighted by molar-refractivity contribution is 7.07. The molecule has 6 nitrogen and oxygen atoms in total. The molecule has 0 amide bonds. The number of aromatic nitrogens is 1. The number of nitrogens with zero attached hydrogens (tertiary/aromatic N) is 2. The number of alkyl halides is 3. The number of hydrogen-bond donors (Lipinski definition) is 0. The van der Waals surface area contributed by atoms with E-state index in [2.05, 4.69) is 4.99 Å². The zero-order valence-corrected chi connectivity index (χ0v) is 22.2. The third-order valence-corrected chi connectivity index (χ3v) is 7.31. The van der Waals surface area contributed by atoms with Gasteiger partial charge in [-0.1, -0.05) is 47.2 Å². The SMILES string of the molecule is CCOC(=O)C1=C(C)N=c2s/c(=C/c3ccc(-c4cccc(C(F)(F)F)c4)o3)c(=O)n2[C@H]1c1ccc(Cl)cc1. The number of esters is 1. The fourth-order valence-electron chi connectivity index (χ4n) is 4.32. The van der Waals surface area contributed by atoms with Gasteiger partial charge in [-0.25, -0.2) is 9.79 Å². The second-order valence-corrected chi connectivity index (χ2v) is 10.1. The van der Waals surface area contributed by atoms with Gasteiger partial charge in [0, 0.05) is 16.7 Å². The molecule has 0 saturated carbocycles. The van der Waals surface area contributed by atoms with Gasteiger partial charge in [-0.2, -0.15) is 13.2 Å². The molecule has 39 heavy (non-hydrogen) atoms. The van der Waals surface area contributed by atoms with Gasteiger partial charge in [-0.3, -0.25) is 9.36 Å². The summed E-state index contributed by atoms with van der Waals surface area (Å²) in [6.45, 7) is 3.53. The topological polar surface area (TPSA) is 73.8 Å². The van der Waals surface area contributed by atoms with Crippen molar-refractivity contribution in [3.63, 3.8) is 0 Å². The van der Waals surface area contributed by atoms with Crippen LogP contribution in [0.15, 0.2) is 86.1 Å². The van der Waals surface area contributed by atoms with Crippen LogP contribution in [0.3, 0.4) is 0 Å². The second kappa shape index (κ2) is 10.3. The zero-order valence-electron chi connectivity index (χ0n) is 20.6. The number of thiazole rings is 1. The van der Waals surface area contributed by atoms with E-state index in [1.165, 1.54) is 28.8 Å². The van der Waals surface area contributed by atoms with Crippen molar-refractivity contribution in [2.24, 2.45) is 4.99 Å². The number of fused-ring (bicyclic) bond motifs is 1. The number of benzene rings is 2. The summed E-state index contributed by atoms with van der Waals surface area (Å²) < 4.78 is 52.1. The third kappa shape index (κ3) is 5.22. The summed E-state index contributed by atoms with van der Waals surface area (Å²) in [6.07, 6.45) is -2.98. The molecule has 0 aliphatic carbocycles. The van der Waals surface area contributed by atoms with Crippen molar-refractivity contribution in [3.05, 3.63) is 114 Å². The Morgan fingerprint density at radius 1 is 1.18 bits per heavy atom. The van der Waals surface area contributed by atoms with Gasteiger partial charge in [-0.05, 0) is 55.8 Å². The van der Waals surface area contributed by atoms with Crippen molar-refractivity contribution in [2.45, 2.75) is 26.1 Å². The van der Waals surface area contributed by atoms with Crippen LogP contribution >= 0.6 is 22.9 Å². The summed E-state index contributed by atoms with van der Waals surface area (Å²) >= 11 is 7.18. The number of halogens is 4. The number of rotatable bonds is 5. The fraction of sp³-hybridized carbons (Fsp3) is 0.179. The number of carbonyl (C=O) groups excluding carboxylic acids is 1. The van der Waals surface area contributed by atoms with Crippen LogP contribution in [-0.4, -0.2) is 17.1 Å². The lowest BCUT2D eigenvalue weighted by Crippen LogP contribution is -2.39. The monoisotopic (exact) mass is 572 g/mol. The van der Waals surface area contributed by atoms with Crippen molar-refractivity contribution in [3.8, 4) is 11.3 Å². The Kier molecular flexibility index (Phi) is 7.09. The molecule has 200 valence electrons. The highest BCUT2D eigenvalue weighted by Crippen LogP contribution is 2.33. The molecule has 0 radical (unpaired) electrons. The van der Waals surface area contributed by atoms with Gasteiger partial charge in [0.15, 0.2) is 4.80 Å². The first-order valence-corrected chi connectivity index (χ1v) is 13.0. The van der Waals surface area contributed by atoms with Gasteiger partial charge in [0.1, 0.15) is 11.5 Å². The van der Waals surface area contributed by atoms with Gasteiger partial charge in [0.25, 0.3) is 5.56 Å². The van der Waals surface area contributed by atoms with E-state index in [0.717, 1.165) is 23.5 Å². The lowest BCUT2D eigenvalue weighted by atomic mass is 9.96. The Bertz CT molecular complexity index is 1780. The van der Waals surface area contributed by atoms with Gasteiger partial charge in [0.05, 0.1) is 34.0 Å². The highest BCUT2D eigenvalue weighted by atomic mass is 35.5. The molecule has 2 aromatic heterocycles. The molecule has 1 atom stereocenters. The van der Waals surface area contributed by atoms with Crippen molar-refractivity contribution < 1.29 is 27.1 Å². The Labute approximate surface area is 228 Å². The first-order valence-electron chi connectivity index (χ1n) is 11.8. The number of ether oxygens (including phenoxy) is 1. The fourth-order valence-corrected chi connectivity index (χ4v) is 5.47. The van der Waals surface area contributed by atoms with E-state index in [1.807, 2.05) is 0 Å². The van der Waals surface area contributed by atoms with Gasteiger partial charge >= 0.3 is 12.1 Å². The predicted molar refractivity (Wildman–Crippen MR) is 141 cm³/mol. The molecular weight excluding hydrogens is 553 g/mol. The van der Waals surface area contributed by atoms with E-state index in [0.29, 0.717) is 21.1 Å². The molecule has 1 aliphatic heterocycles. The number of hydrogen-bond acceptors (Lipinski definition) is 6. The first-order chi connectivity index (χ1) is 18.6. The lowest BCUT2D eigenvalue weighted by molar-refractivity contribution is -0.139. The molecule has 0 spiro atoms. The summed E-state index contributed by atoms with van der Waals surface area (Å²) in [5, 5.41) is 0.499. The predicted octanol–water partition coefficient (Wildman–Crippen LogP) is 5.73. The van der Waals surface area contributed by atoms with Crippen LogP contribution < -0.4 is 14.9 Å². The lowest BCUT2D eigenvalue weighted by Gasteiger charge is -2.24. The van der Waals surface area contributed by atoms with E-state index in [-0.39, 0.29) is 33.8 Å². The average molecular weight is 573 g/mol. The Hall–Kier alpha value is -3.89. The first kappa shape index (κ1) is 26.7. The molecule has 0 unspecified atom stereocenters. The van der Waals surface area contributed by atoms with E-state index in [9.17, 15) is 22.8 Å². The molecule has 0 saturated heterocycles. The average Bonchev–Trinajstić information content (AvgIpc) is 3.48. The molecule has 4 aromatic rings. The summed E-state index contributed by atoms with van der Waals surface area (Å²) in [6, 6.07) is 13.9. The maximum Gasteiger partial charge on any atom is 0.416 e. The summed E-state index contributed by atoms with van der Waals surface area (Å²) in [5.74, 6) is -0.0820. The molecule has 0 bridgehead atoms. The molecular formula is C28H20ClF3N2O4S. The Morgan fingerprint density at radius 3 is 2.62 bits per heavy atom. The van der Waals surface area contributed by atoms with Gasteiger partial charge in [0.2, 0.25) is 0 Å². The number of allylic oxidation sites excluding steroid dienone is 1. The van der Waals surface area contributed by atoms with Crippen molar-refractivity contribution in [1.29, 1.82) is 0 Å². The standard InChI is InChI=1S/C28H20ClF3N2O4S/c1-3-37-26(36)23-15(2)33-27-34(24(23)16-7-9-19(29)10-8-16)25(35)22(39-27)14-20-11-12-21(38-20)17-5-4-6-18(13-17)28(30,31)32/h4-14,24H,3H2,1-2H3/b22-14+/t24-/m0/s1. The molecule has 0 N–H and O–H groups in total. The quantitative estimate of drug-likeness (QED) is 0.286. The maximum atomic E-state index is 13.6. The van der Waals surface area contributed by atoms with E-state index in [1.54, 1.807) is 44.2 Å².